The van der Waals surface area contributed by atoms with Gasteiger partial charge in [0.05, 0.1) is 0 Å². The summed E-state index contributed by atoms with van der Waals surface area (Å²) in [7, 11) is 0. The molecular weight excluding hydrogens is 1490 g/mol. The average Bonchev–Trinajstić information content (AvgIpc) is 1.21. The van der Waals surface area contributed by atoms with Crippen LogP contribution in [0, 0.1) is 722 Å². The maximum Gasteiger partial charge on any atom is 0 e. The van der Waals surface area contributed by atoms with Crippen LogP contribution in [0.4, 0.5) is 0 Å². The summed E-state index contributed by atoms with van der Waals surface area (Å²) < 4.78 is 0. The molecule has 0 fully saturated rings. The molecular formula is C124H6. The van der Waals surface area contributed by atoms with Gasteiger partial charge in [-0.2, -0.15) is 0 Å². The van der Waals surface area contributed by atoms with Gasteiger partial charge in [0.2, 0.25) is 0 Å². The van der Waals surface area contributed by atoms with Crippen molar-refractivity contribution in [3.63, 3.8) is 0 Å². The Morgan fingerprint density at radius 2 is 0.0645 bits per heavy atom. The molecule has 0 aromatic carbocycles. The van der Waals surface area contributed by atoms with Crippen LogP contribution in [0.5, 0.6) is 0 Å². The first-order valence-corrected chi connectivity index (χ1v) is 31.2. The molecule has 0 atom stereocenters. The molecule has 0 N–H and O–H groups in total. The van der Waals surface area contributed by atoms with Gasteiger partial charge in [0, 0.05) is 616 Å². The van der Waals surface area contributed by atoms with Gasteiger partial charge in [-0.25, -0.2) is 0 Å². The standard InChI is InChI=1S/C124H6/c1-3-5-7-9-11-13-15-17-19-21-23-25-27-29-31-33-35-37-39-41-43-45-47-49-51-53-55-57-59-61-63-65-67-69-71-73-75-77-79-81-83-85-87-89-91-93-95-97-99-101-103-105-107-109-111-113-115-117-119-121-123-124-122-120-118-116-114-112-110-108-106-104-102-100-98-96-94-92-90-88-86-84-82-80-78-76-74-72-70-68-66-64-62-60-58-56-54-52-50-48-46-44-42-40-38-36-34-32-30-28-26-24-22-20-18-16-14-12-10-8-6-4-2/h1-2H3. The summed E-state index contributed by atoms with van der Waals surface area (Å²) in [4.78, 5) is 0. The van der Waals surface area contributed by atoms with E-state index in [2.05, 4.69) is 722 Å². The minimum absolute atomic E-state index is 1.68. The van der Waals surface area contributed by atoms with Crippen LogP contribution in [0.25, 0.3) is 0 Å². The van der Waals surface area contributed by atoms with Gasteiger partial charge in [-0.15, -0.1) is 0 Å². The van der Waals surface area contributed by atoms with Gasteiger partial charge >= 0.3 is 0 Å². The largest absolute Gasteiger partial charge is 0.0925 e. The van der Waals surface area contributed by atoms with Crippen LogP contribution in [-0.2, 0) is 0 Å². The van der Waals surface area contributed by atoms with E-state index in [1.807, 2.05) is 0 Å². The molecule has 0 heteroatoms. The van der Waals surface area contributed by atoms with E-state index in [1.54, 1.807) is 13.8 Å². The molecule has 0 aliphatic carbocycles. The maximum absolute atomic E-state index is 2.63. The lowest BCUT2D eigenvalue weighted by atomic mass is 10.4. The summed E-state index contributed by atoms with van der Waals surface area (Å²) in [5.74, 6) is 306. The molecule has 0 unspecified atom stereocenters. The van der Waals surface area contributed by atoms with Gasteiger partial charge in [-0.05, 0) is 109 Å². The van der Waals surface area contributed by atoms with Crippen LogP contribution < -0.4 is 0 Å². The second-order valence-electron chi connectivity index (χ2n) is 15.5. The zero-order valence-corrected chi connectivity index (χ0v) is 63.0. The molecule has 124 heavy (non-hydrogen) atoms. The fraction of sp³-hybridized carbons (Fsp3) is 0.0161. The average molecular weight is 1500 g/mol. The van der Waals surface area contributed by atoms with E-state index in [0.717, 1.165) is 0 Å². The molecule has 0 rings (SSSR count). The summed E-state index contributed by atoms with van der Waals surface area (Å²) in [6, 6.07) is 0. The van der Waals surface area contributed by atoms with Crippen molar-refractivity contribution in [3.05, 3.63) is 0 Å². The van der Waals surface area contributed by atoms with E-state index in [-0.39, 0.29) is 0 Å². The maximum atomic E-state index is 2.63. The lowest BCUT2D eigenvalue weighted by molar-refractivity contribution is 1.92. The molecule has 0 nitrogen and oxygen atoms in total. The van der Waals surface area contributed by atoms with Crippen molar-refractivity contribution >= 4 is 0 Å². The van der Waals surface area contributed by atoms with Crippen LogP contribution in [0.3, 0.4) is 0 Å². The number of hydrogen-bond acceptors (Lipinski definition) is 0. The van der Waals surface area contributed by atoms with Crippen LogP contribution in [-0.4, -0.2) is 0 Å². The van der Waals surface area contributed by atoms with Gasteiger partial charge in [-0.3, -0.25) is 0 Å². The van der Waals surface area contributed by atoms with Gasteiger partial charge < -0.3 is 0 Å². The minimum atomic E-state index is 1.68. The third-order valence-electron chi connectivity index (χ3n) is 7.69. The summed E-state index contributed by atoms with van der Waals surface area (Å²) in [6.45, 7) is 3.36. The van der Waals surface area contributed by atoms with E-state index in [0.29, 0.717) is 0 Å². The Labute approximate surface area is 731 Å². The summed E-state index contributed by atoms with van der Waals surface area (Å²) in [6.07, 6.45) is 0. The Morgan fingerprint density at radius 3 is 0.0887 bits per heavy atom. The second-order valence-corrected chi connectivity index (χ2v) is 15.5. The molecule has 0 spiro atoms. The Morgan fingerprint density at radius 1 is 0.0403 bits per heavy atom. The van der Waals surface area contributed by atoms with Gasteiger partial charge in [0.15, 0.2) is 0 Å². The third kappa shape index (κ3) is 95.2. The van der Waals surface area contributed by atoms with Crippen LogP contribution >= 0.6 is 0 Å². The molecule has 0 aromatic heterocycles. The highest BCUT2D eigenvalue weighted by molar-refractivity contribution is 5.58. The molecule has 0 saturated carbocycles. The molecule has 0 saturated heterocycles. The highest BCUT2D eigenvalue weighted by Gasteiger charge is 1.69. The zero-order valence-electron chi connectivity index (χ0n) is 63.0. The summed E-state index contributed by atoms with van der Waals surface area (Å²) in [5, 5.41) is 0. The second kappa shape index (κ2) is 96.2. The molecule has 0 aliphatic rings. The van der Waals surface area contributed by atoms with Crippen LogP contribution in [0.2, 0.25) is 0 Å². The van der Waals surface area contributed by atoms with Crippen LogP contribution in [0.1, 0.15) is 13.8 Å². The number of rotatable bonds is 0. The normalized spacial score (nSPS) is 3.98. The lowest BCUT2D eigenvalue weighted by Crippen LogP contribution is -1.57. The monoisotopic (exact) mass is 1490 g/mol. The van der Waals surface area contributed by atoms with E-state index in [9.17, 15) is 0 Å². The predicted molar refractivity (Wildman–Crippen MR) is 486 cm³/mol. The van der Waals surface area contributed by atoms with E-state index in [4.69, 9.17) is 0 Å². The first-order valence-electron chi connectivity index (χ1n) is 31.2. The molecule has 0 aromatic rings. The van der Waals surface area contributed by atoms with Gasteiger partial charge in [0.1, 0.15) is 0 Å². The van der Waals surface area contributed by atoms with Crippen molar-refractivity contribution < 1.29 is 0 Å². The number of hydrogen-bond donors (Lipinski definition) is 0. The van der Waals surface area contributed by atoms with Crippen molar-refractivity contribution in [2.45, 2.75) is 13.8 Å². The van der Waals surface area contributed by atoms with E-state index < -0.39 is 0 Å². The van der Waals surface area contributed by atoms with Crippen molar-refractivity contribution in [2.24, 2.45) is 0 Å². The lowest BCUT2D eigenvalue weighted by Gasteiger charge is -1.58. The minimum Gasteiger partial charge on any atom is -0.0925 e. The first kappa shape index (κ1) is 97.2. The SMILES string of the molecule is CC#CC#CC#CC#CC#CC#CC#CC#CC#CC#CC#CC#CC#CC#CC#CC#CC#CC#CC#CC#CC#CC#CC#CC#CC#CC#CC#CC#CC#CC#CC#CC#CC#CC#CC#CC#CC#CC#CC#CC#CC#CC#CC#CC#CC#CC#CC#CC#CC#CC#CC#CC#CC#CC#CC#CC#CC#CC#CC#CC#CC#CC. The predicted octanol–water partition coefficient (Wildman–Crippen LogP) is 1.23. The van der Waals surface area contributed by atoms with Crippen molar-refractivity contribution in [1.82, 2.24) is 0 Å². The quantitative estimate of drug-likeness (QED) is 0.321. The van der Waals surface area contributed by atoms with Gasteiger partial charge in [-0.1, -0.05) is 11.8 Å². The highest BCUT2D eigenvalue weighted by atomic mass is 13.7. The third-order valence-corrected chi connectivity index (χ3v) is 7.69. The molecule has 0 radical (unpaired) electrons. The van der Waals surface area contributed by atoms with Crippen molar-refractivity contribution in [1.29, 1.82) is 0 Å². The highest BCUT2D eigenvalue weighted by Crippen LogP contribution is 1.70. The van der Waals surface area contributed by atoms with Crippen molar-refractivity contribution in [2.75, 3.05) is 0 Å². The van der Waals surface area contributed by atoms with E-state index in [1.165, 1.54) is 0 Å². The Kier molecular flexibility index (Phi) is 75.3. The Bertz CT molecular complexity index is 8210. The molecule has 0 heterocycles. The van der Waals surface area contributed by atoms with Crippen molar-refractivity contribution in [3.8, 4) is 722 Å². The summed E-state index contributed by atoms with van der Waals surface area (Å²) >= 11 is 0. The first-order chi connectivity index (χ1) is 61.9. The Hall–Kier alpha value is -26.8. The molecule has 0 aliphatic heterocycles. The Balaban J connectivity index is 4.65. The van der Waals surface area contributed by atoms with Gasteiger partial charge in [0.25, 0.3) is 0 Å². The zero-order chi connectivity index (χ0) is 88.3. The smallest absolute Gasteiger partial charge is 0 e. The molecule has 0 bridgehead atoms. The topological polar surface area (TPSA) is 0 Å². The molecule has 0 amide bonds. The molecule has 502 valence electrons. The fourth-order valence-corrected chi connectivity index (χ4v) is 3.81. The van der Waals surface area contributed by atoms with Crippen LogP contribution in [0.15, 0.2) is 0 Å². The van der Waals surface area contributed by atoms with E-state index >= 15 is 0 Å². The fourth-order valence-electron chi connectivity index (χ4n) is 3.81. The summed E-state index contributed by atoms with van der Waals surface area (Å²) in [5.41, 5.74) is 0.